The topological polar surface area (TPSA) is 108 Å². The number of rotatable bonds is 7. The van der Waals surface area contributed by atoms with Crippen LogP contribution >= 0.6 is 11.6 Å². The number of carbonyl (C=O) groups excluding carboxylic acids is 1. The van der Waals surface area contributed by atoms with Crippen LogP contribution in [0.2, 0.25) is 5.02 Å². The number of anilines is 2. The number of nitrogens with zero attached hydrogens (tertiary/aromatic N) is 5. The summed E-state index contributed by atoms with van der Waals surface area (Å²) in [6.45, 7) is 0.486. The third-order valence-electron chi connectivity index (χ3n) is 6.76. The minimum Gasteiger partial charge on any atom is -0.364 e. The Balaban J connectivity index is 1.11. The first-order valence-corrected chi connectivity index (χ1v) is 11.9. The van der Waals surface area contributed by atoms with Gasteiger partial charge < -0.3 is 15.0 Å². The van der Waals surface area contributed by atoms with E-state index in [-0.39, 0.29) is 5.91 Å². The predicted molar refractivity (Wildman–Crippen MR) is 132 cm³/mol. The van der Waals surface area contributed by atoms with Gasteiger partial charge in [0.05, 0.1) is 29.6 Å². The molecule has 0 bridgehead atoms. The van der Waals surface area contributed by atoms with E-state index in [4.69, 9.17) is 11.6 Å². The Hall–Kier alpha value is -3.96. The van der Waals surface area contributed by atoms with E-state index in [0.717, 1.165) is 16.9 Å². The molecule has 0 spiro atoms. The van der Waals surface area contributed by atoms with Crippen LogP contribution in [0.4, 0.5) is 11.6 Å². The molecule has 1 aromatic carbocycles. The average Bonchev–Trinajstić information content (AvgIpc) is 3.79. The van der Waals surface area contributed by atoms with E-state index in [1.165, 1.54) is 24.7 Å². The van der Waals surface area contributed by atoms with Gasteiger partial charge in [-0.05, 0) is 54.5 Å². The monoisotopic (exact) mass is 483 g/mol. The highest BCUT2D eigenvalue weighted by Gasteiger charge is 2.60. The zero-order valence-corrected chi connectivity index (χ0v) is 19.5. The second-order valence-electron chi connectivity index (χ2n) is 9.22. The molecule has 3 heterocycles. The fourth-order valence-corrected chi connectivity index (χ4v) is 4.76. The Morgan fingerprint density at radius 1 is 1.17 bits per heavy atom. The maximum atomic E-state index is 12.9. The molecule has 35 heavy (non-hydrogen) atoms. The van der Waals surface area contributed by atoms with E-state index in [2.05, 4.69) is 54.4 Å². The number of hydrogen-bond donors (Lipinski definition) is 2. The van der Waals surface area contributed by atoms with Crippen molar-refractivity contribution in [2.45, 2.75) is 37.1 Å². The number of benzene rings is 1. The lowest BCUT2D eigenvalue weighted by molar-refractivity contribution is -0.117. The second kappa shape index (κ2) is 8.36. The molecule has 2 aliphatic carbocycles. The average molecular weight is 484 g/mol. The molecule has 6 rings (SSSR count). The van der Waals surface area contributed by atoms with E-state index in [9.17, 15) is 10.1 Å². The third-order valence-corrected chi connectivity index (χ3v) is 6.99. The Morgan fingerprint density at radius 2 is 2.03 bits per heavy atom. The maximum absolute atomic E-state index is 12.9. The summed E-state index contributed by atoms with van der Waals surface area (Å²) < 4.78 is 2.06. The molecular weight excluding hydrogens is 462 g/mol. The highest BCUT2D eigenvalue weighted by atomic mass is 35.5. The van der Waals surface area contributed by atoms with Gasteiger partial charge in [-0.25, -0.2) is 15.0 Å². The molecule has 2 atom stereocenters. The Kier molecular flexibility index (Phi) is 5.15. The number of nitriles is 1. The van der Waals surface area contributed by atoms with Crippen molar-refractivity contribution in [1.82, 2.24) is 19.4 Å². The SMILES string of the molecule is N#CC1(c2cccc(Cl)c2)CC1C(=O)Nc1cc(NCc2cn3cc(C4CC4)ccc3n2)ncn1. The molecule has 3 aromatic heterocycles. The lowest BCUT2D eigenvalue weighted by Gasteiger charge is -2.10. The smallest absolute Gasteiger partial charge is 0.230 e. The summed E-state index contributed by atoms with van der Waals surface area (Å²) in [5.74, 6) is 0.931. The first kappa shape index (κ1) is 21.6. The Labute approximate surface area is 207 Å². The summed E-state index contributed by atoms with van der Waals surface area (Å²) in [5, 5.41) is 16.4. The van der Waals surface area contributed by atoms with Gasteiger partial charge in [-0.15, -0.1) is 0 Å². The lowest BCUT2D eigenvalue weighted by Crippen LogP contribution is -2.21. The van der Waals surface area contributed by atoms with E-state index in [1.54, 1.807) is 24.3 Å². The largest absolute Gasteiger partial charge is 0.364 e. The van der Waals surface area contributed by atoms with Crippen molar-refractivity contribution >= 4 is 34.8 Å². The highest BCUT2D eigenvalue weighted by Crippen LogP contribution is 2.54. The van der Waals surface area contributed by atoms with Gasteiger partial charge in [-0.2, -0.15) is 5.26 Å². The van der Waals surface area contributed by atoms with Crippen LogP contribution in [0.1, 0.15) is 42.0 Å². The minimum atomic E-state index is -0.856. The normalized spacial score (nSPS) is 20.9. The summed E-state index contributed by atoms with van der Waals surface area (Å²) in [4.78, 5) is 26.0. The van der Waals surface area contributed by atoms with Crippen LogP contribution in [0.25, 0.3) is 5.65 Å². The van der Waals surface area contributed by atoms with Crippen LogP contribution in [-0.2, 0) is 16.8 Å². The van der Waals surface area contributed by atoms with E-state index in [1.807, 2.05) is 12.3 Å². The number of pyridine rings is 1. The fraction of sp³-hybridized carbons (Fsp3) is 0.269. The van der Waals surface area contributed by atoms with Crippen LogP contribution in [0.15, 0.2) is 61.2 Å². The number of fused-ring (bicyclic) bond motifs is 1. The molecule has 2 fully saturated rings. The molecule has 2 saturated carbocycles. The highest BCUT2D eigenvalue weighted by molar-refractivity contribution is 6.30. The summed E-state index contributed by atoms with van der Waals surface area (Å²) in [7, 11) is 0. The number of halogens is 1. The molecule has 2 N–H and O–H groups in total. The number of hydrogen-bond acceptors (Lipinski definition) is 6. The number of carbonyl (C=O) groups is 1. The third kappa shape index (κ3) is 4.19. The quantitative estimate of drug-likeness (QED) is 0.395. The van der Waals surface area contributed by atoms with Crippen LogP contribution in [0, 0.1) is 17.2 Å². The number of imidazole rings is 1. The minimum absolute atomic E-state index is 0.247. The lowest BCUT2D eigenvalue weighted by atomic mass is 9.94. The summed E-state index contributed by atoms with van der Waals surface area (Å²) >= 11 is 6.09. The van der Waals surface area contributed by atoms with Gasteiger partial charge >= 0.3 is 0 Å². The summed E-state index contributed by atoms with van der Waals surface area (Å²) in [6, 6.07) is 15.3. The number of aromatic nitrogens is 4. The molecule has 9 heteroatoms. The van der Waals surface area contributed by atoms with Gasteiger partial charge in [-0.1, -0.05) is 29.8 Å². The van der Waals surface area contributed by atoms with Crippen molar-refractivity contribution in [3.05, 3.63) is 83.0 Å². The van der Waals surface area contributed by atoms with Gasteiger partial charge in [0.1, 0.15) is 23.6 Å². The molecule has 8 nitrogen and oxygen atoms in total. The number of nitrogens with one attached hydrogen (secondary N) is 2. The zero-order chi connectivity index (χ0) is 24.0. The standard InChI is InChI=1S/C26H22ClN7O/c27-19-3-1-2-18(8-19)26(14-28)10-21(26)25(35)33-23-9-22(30-15-31-23)29-11-20-13-34-12-17(16-4-5-16)6-7-24(34)32-20/h1-3,6-9,12-13,15-16,21H,4-5,10-11H2,(H2,29,30,31,33,35). The van der Waals surface area contributed by atoms with Crippen LogP contribution in [0.5, 0.6) is 0 Å². The molecule has 0 aliphatic heterocycles. The van der Waals surface area contributed by atoms with Crippen LogP contribution in [-0.4, -0.2) is 25.3 Å². The molecule has 1 amide bonds. The first-order chi connectivity index (χ1) is 17.0. The first-order valence-electron chi connectivity index (χ1n) is 11.6. The van der Waals surface area contributed by atoms with Crippen LogP contribution in [0.3, 0.4) is 0 Å². The van der Waals surface area contributed by atoms with Gasteiger partial charge in [-0.3, -0.25) is 4.79 Å². The Bertz CT molecular complexity index is 1490. The van der Waals surface area contributed by atoms with E-state index < -0.39 is 11.3 Å². The van der Waals surface area contributed by atoms with Crippen molar-refractivity contribution in [1.29, 1.82) is 5.26 Å². The van der Waals surface area contributed by atoms with E-state index >= 15 is 0 Å². The van der Waals surface area contributed by atoms with Crippen molar-refractivity contribution < 1.29 is 4.79 Å². The van der Waals surface area contributed by atoms with Crippen molar-refractivity contribution in [3.8, 4) is 6.07 Å². The van der Waals surface area contributed by atoms with Gasteiger partial charge in [0, 0.05) is 23.5 Å². The van der Waals surface area contributed by atoms with Crippen molar-refractivity contribution in [2.24, 2.45) is 5.92 Å². The molecular formula is C26H22ClN7O. The molecule has 2 unspecified atom stereocenters. The molecule has 4 aromatic rings. The molecule has 2 aliphatic rings. The van der Waals surface area contributed by atoms with Gasteiger partial charge in [0.2, 0.25) is 5.91 Å². The van der Waals surface area contributed by atoms with Gasteiger partial charge in [0.25, 0.3) is 0 Å². The zero-order valence-electron chi connectivity index (χ0n) is 18.8. The van der Waals surface area contributed by atoms with Crippen molar-refractivity contribution in [2.75, 3.05) is 10.6 Å². The molecule has 174 valence electrons. The Morgan fingerprint density at radius 3 is 2.83 bits per heavy atom. The van der Waals surface area contributed by atoms with Crippen LogP contribution < -0.4 is 10.6 Å². The summed E-state index contributed by atoms with van der Waals surface area (Å²) in [6.07, 6.45) is 8.54. The van der Waals surface area contributed by atoms with Crippen molar-refractivity contribution in [3.63, 3.8) is 0 Å². The maximum Gasteiger partial charge on any atom is 0.230 e. The summed E-state index contributed by atoms with van der Waals surface area (Å²) in [5.41, 5.74) is 3.06. The van der Waals surface area contributed by atoms with E-state index in [0.29, 0.717) is 35.5 Å². The fourth-order valence-electron chi connectivity index (χ4n) is 4.57. The molecule has 0 radical (unpaired) electrons. The predicted octanol–water partition coefficient (Wildman–Crippen LogP) is 4.69. The molecule has 0 saturated heterocycles. The number of amides is 1. The second-order valence-corrected chi connectivity index (χ2v) is 9.65. The van der Waals surface area contributed by atoms with Gasteiger partial charge in [0.15, 0.2) is 0 Å².